The molecule has 18 heavy (non-hydrogen) atoms. The summed E-state index contributed by atoms with van der Waals surface area (Å²) in [4.78, 5) is 7.03. The summed E-state index contributed by atoms with van der Waals surface area (Å²) in [5.41, 5.74) is 2.54. The molecule has 2 heterocycles. The Morgan fingerprint density at radius 3 is 3.06 bits per heavy atom. The maximum atomic E-state index is 4.49. The van der Waals surface area contributed by atoms with Gasteiger partial charge in [-0.05, 0) is 57.5 Å². The normalized spacial score (nSPS) is 20.4. The summed E-state index contributed by atoms with van der Waals surface area (Å²) in [6.07, 6.45) is 4.58. The number of rotatable bonds is 4. The van der Waals surface area contributed by atoms with Crippen LogP contribution in [0.15, 0.2) is 18.3 Å². The number of pyridine rings is 1. The Morgan fingerprint density at radius 2 is 2.33 bits per heavy atom. The molecular formula is C14H24ClN3. The van der Waals surface area contributed by atoms with Gasteiger partial charge in [0.15, 0.2) is 0 Å². The van der Waals surface area contributed by atoms with E-state index in [1.54, 1.807) is 0 Å². The lowest BCUT2D eigenvalue weighted by Gasteiger charge is -2.32. The molecule has 0 spiro atoms. The predicted molar refractivity (Wildman–Crippen MR) is 78.1 cm³/mol. The summed E-state index contributed by atoms with van der Waals surface area (Å²) < 4.78 is 0. The minimum Gasteiger partial charge on any atom is -0.319 e. The first-order valence-electron chi connectivity index (χ1n) is 6.57. The number of hydrogen-bond donors (Lipinski definition) is 1. The molecule has 4 heteroatoms. The predicted octanol–water partition coefficient (Wildman–Crippen LogP) is 2.24. The Labute approximate surface area is 116 Å². The van der Waals surface area contributed by atoms with E-state index < -0.39 is 0 Å². The molecule has 1 aliphatic heterocycles. The van der Waals surface area contributed by atoms with Gasteiger partial charge in [-0.15, -0.1) is 12.4 Å². The number of nitrogens with one attached hydrogen (secondary N) is 1. The second-order valence-corrected chi connectivity index (χ2v) is 5.07. The minimum atomic E-state index is 0. The van der Waals surface area contributed by atoms with Gasteiger partial charge in [-0.1, -0.05) is 6.07 Å². The van der Waals surface area contributed by atoms with E-state index in [1.807, 2.05) is 19.3 Å². The largest absolute Gasteiger partial charge is 0.319 e. The highest BCUT2D eigenvalue weighted by Gasteiger charge is 2.19. The molecule has 1 atom stereocenters. The van der Waals surface area contributed by atoms with Gasteiger partial charge in [-0.25, -0.2) is 0 Å². The maximum absolute atomic E-state index is 4.49. The SMILES string of the molecule is CNCC1CCCN(Cc2ncccc2C)C1.Cl. The third kappa shape index (κ3) is 4.23. The van der Waals surface area contributed by atoms with Crippen molar-refractivity contribution in [1.29, 1.82) is 0 Å². The lowest BCUT2D eigenvalue weighted by molar-refractivity contribution is 0.165. The topological polar surface area (TPSA) is 28.2 Å². The van der Waals surface area contributed by atoms with Gasteiger partial charge in [-0.2, -0.15) is 0 Å². The Hall–Kier alpha value is -0.640. The van der Waals surface area contributed by atoms with E-state index in [1.165, 1.54) is 37.2 Å². The molecule has 1 fully saturated rings. The Morgan fingerprint density at radius 1 is 1.50 bits per heavy atom. The quantitative estimate of drug-likeness (QED) is 0.909. The van der Waals surface area contributed by atoms with E-state index in [2.05, 4.69) is 28.2 Å². The number of aryl methyl sites for hydroxylation is 1. The van der Waals surface area contributed by atoms with Crippen molar-refractivity contribution in [3.63, 3.8) is 0 Å². The third-order valence-electron chi connectivity index (χ3n) is 3.59. The van der Waals surface area contributed by atoms with E-state index in [0.29, 0.717) is 0 Å². The molecule has 0 bridgehead atoms. The van der Waals surface area contributed by atoms with Crippen LogP contribution in [-0.2, 0) is 6.54 Å². The molecule has 3 nitrogen and oxygen atoms in total. The molecule has 0 aliphatic carbocycles. The first-order chi connectivity index (χ1) is 8.29. The van der Waals surface area contributed by atoms with Crippen LogP contribution >= 0.6 is 12.4 Å². The molecule has 102 valence electrons. The van der Waals surface area contributed by atoms with E-state index in [0.717, 1.165) is 19.0 Å². The molecule has 1 aromatic heterocycles. The Kier molecular flexibility index (Phi) is 6.61. The zero-order valence-electron chi connectivity index (χ0n) is 11.4. The number of piperidine rings is 1. The number of likely N-dealkylation sites (tertiary alicyclic amines) is 1. The van der Waals surface area contributed by atoms with Crippen molar-refractivity contribution >= 4 is 12.4 Å². The fourth-order valence-corrected chi connectivity index (χ4v) is 2.65. The van der Waals surface area contributed by atoms with E-state index in [-0.39, 0.29) is 12.4 Å². The van der Waals surface area contributed by atoms with Crippen molar-refractivity contribution in [3.8, 4) is 0 Å². The standard InChI is InChI=1S/C14H23N3.ClH/c1-12-5-3-7-16-14(12)11-17-8-4-6-13(10-17)9-15-2;/h3,5,7,13,15H,4,6,8-11H2,1-2H3;1H. The van der Waals surface area contributed by atoms with Crippen molar-refractivity contribution < 1.29 is 0 Å². The van der Waals surface area contributed by atoms with Crippen LogP contribution in [0.1, 0.15) is 24.1 Å². The molecule has 1 aromatic rings. The highest BCUT2D eigenvalue weighted by Crippen LogP contribution is 2.18. The van der Waals surface area contributed by atoms with Crippen LogP contribution in [0.4, 0.5) is 0 Å². The van der Waals surface area contributed by atoms with Gasteiger partial charge in [0.2, 0.25) is 0 Å². The molecule has 0 amide bonds. The van der Waals surface area contributed by atoms with Crippen LogP contribution in [0.5, 0.6) is 0 Å². The average Bonchev–Trinajstić information content (AvgIpc) is 2.33. The first kappa shape index (κ1) is 15.4. The first-order valence-corrected chi connectivity index (χ1v) is 6.57. The molecule has 0 aromatic carbocycles. The zero-order chi connectivity index (χ0) is 12.1. The third-order valence-corrected chi connectivity index (χ3v) is 3.59. The summed E-state index contributed by atoms with van der Waals surface area (Å²) in [5.74, 6) is 0.803. The molecular weight excluding hydrogens is 246 g/mol. The second kappa shape index (κ2) is 7.72. The summed E-state index contributed by atoms with van der Waals surface area (Å²) in [6.45, 7) is 6.72. The zero-order valence-corrected chi connectivity index (χ0v) is 12.2. The van der Waals surface area contributed by atoms with Crippen LogP contribution < -0.4 is 5.32 Å². The van der Waals surface area contributed by atoms with Crippen molar-refractivity contribution in [3.05, 3.63) is 29.6 Å². The van der Waals surface area contributed by atoms with Gasteiger partial charge < -0.3 is 5.32 Å². The van der Waals surface area contributed by atoms with Gasteiger partial charge in [0.05, 0.1) is 5.69 Å². The molecule has 0 radical (unpaired) electrons. The van der Waals surface area contributed by atoms with Crippen molar-refractivity contribution in [2.75, 3.05) is 26.7 Å². The Bertz CT molecular complexity index is 355. The van der Waals surface area contributed by atoms with Crippen LogP contribution in [0.2, 0.25) is 0 Å². The van der Waals surface area contributed by atoms with Gasteiger partial charge in [0.1, 0.15) is 0 Å². The van der Waals surface area contributed by atoms with Crippen LogP contribution in [0, 0.1) is 12.8 Å². The molecule has 2 rings (SSSR count). The van der Waals surface area contributed by atoms with Gasteiger partial charge in [-0.3, -0.25) is 9.88 Å². The Balaban J connectivity index is 0.00000162. The van der Waals surface area contributed by atoms with Gasteiger partial charge in [0, 0.05) is 19.3 Å². The minimum absolute atomic E-state index is 0. The molecule has 1 aliphatic rings. The number of aromatic nitrogens is 1. The summed E-state index contributed by atoms with van der Waals surface area (Å²) >= 11 is 0. The number of hydrogen-bond acceptors (Lipinski definition) is 3. The lowest BCUT2D eigenvalue weighted by Crippen LogP contribution is -2.38. The van der Waals surface area contributed by atoms with E-state index in [9.17, 15) is 0 Å². The van der Waals surface area contributed by atoms with Crippen LogP contribution in [-0.4, -0.2) is 36.6 Å². The monoisotopic (exact) mass is 269 g/mol. The summed E-state index contributed by atoms with van der Waals surface area (Å²) in [7, 11) is 2.04. The van der Waals surface area contributed by atoms with Crippen molar-refractivity contribution in [2.24, 2.45) is 5.92 Å². The summed E-state index contributed by atoms with van der Waals surface area (Å²) in [5, 5.41) is 3.29. The van der Waals surface area contributed by atoms with Crippen LogP contribution in [0.3, 0.4) is 0 Å². The van der Waals surface area contributed by atoms with Crippen molar-refractivity contribution in [2.45, 2.75) is 26.3 Å². The molecule has 1 unspecified atom stereocenters. The van der Waals surface area contributed by atoms with E-state index >= 15 is 0 Å². The highest BCUT2D eigenvalue weighted by atomic mass is 35.5. The fourth-order valence-electron chi connectivity index (χ4n) is 2.65. The van der Waals surface area contributed by atoms with E-state index in [4.69, 9.17) is 0 Å². The second-order valence-electron chi connectivity index (χ2n) is 5.07. The molecule has 1 N–H and O–H groups in total. The van der Waals surface area contributed by atoms with Gasteiger partial charge >= 0.3 is 0 Å². The summed E-state index contributed by atoms with van der Waals surface area (Å²) in [6, 6.07) is 4.16. The average molecular weight is 270 g/mol. The number of nitrogens with zero attached hydrogens (tertiary/aromatic N) is 2. The molecule has 0 saturated carbocycles. The maximum Gasteiger partial charge on any atom is 0.0573 e. The highest BCUT2D eigenvalue weighted by molar-refractivity contribution is 5.85. The molecule has 1 saturated heterocycles. The number of halogens is 1. The van der Waals surface area contributed by atoms with Crippen molar-refractivity contribution in [1.82, 2.24) is 15.2 Å². The lowest BCUT2D eigenvalue weighted by atomic mass is 9.98. The fraction of sp³-hybridized carbons (Fsp3) is 0.643. The van der Waals surface area contributed by atoms with Crippen LogP contribution in [0.25, 0.3) is 0 Å². The van der Waals surface area contributed by atoms with Gasteiger partial charge in [0.25, 0.3) is 0 Å². The smallest absolute Gasteiger partial charge is 0.0573 e.